The van der Waals surface area contributed by atoms with Gasteiger partial charge >= 0.3 is 0 Å². The van der Waals surface area contributed by atoms with Gasteiger partial charge in [-0.15, -0.1) is 11.3 Å². The number of ether oxygens (including phenoxy) is 1. The highest BCUT2D eigenvalue weighted by Crippen LogP contribution is 2.28. The van der Waals surface area contributed by atoms with Crippen LogP contribution in [0.5, 0.6) is 5.75 Å². The number of fused-ring (bicyclic) bond motifs is 1. The minimum absolute atomic E-state index is 0.120. The third-order valence-electron chi connectivity index (χ3n) is 5.10. The molecule has 2 aliphatic rings. The van der Waals surface area contributed by atoms with E-state index >= 15 is 0 Å². The van der Waals surface area contributed by atoms with Crippen molar-refractivity contribution in [2.45, 2.75) is 38.7 Å². The maximum Gasteiger partial charge on any atom is 0.191 e. The lowest BCUT2D eigenvalue weighted by molar-refractivity contribution is 0.241. The molecule has 2 N–H and O–H groups in total. The SMILES string of the molecule is CCNC(=NCC1Cc2ccccc2O1)NCCc1csc(N2CCCC2)n1. The van der Waals surface area contributed by atoms with Crippen LogP contribution in [0.2, 0.25) is 0 Å². The van der Waals surface area contributed by atoms with E-state index < -0.39 is 0 Å². The van der Waals surface area contributed by atoms with Crippen LogP contribution >= 0.6 is 11.3 Å². The Morgan fingerprint density at radius 3 is 2.96 bits per heavy atom. The number of anilines is 1. The highest BCUT2D eigenvalue weighted by atomic mass is 32.1. The summed E-state index contributed by atoms with van der Waals surface area (Å²) in [5, 5.41) is 10.1. The first-order chi connectivity index (χ1) is 13.8. The van der Waals surface area contributed by atoms with Crippen LogP contribution in [-0.4, -0.2) is 49.8 Å². The van der Waals surface area contributed by atoms with E-state index in [9.17, 15) is 0 Å². The molecule has 1 atom stereocenters. The van der Waals surface area contributed by atoms with E-state index in [4.69, 9.17) is 14.7 Å². The topological polar surface area (TPSA) is 61.8 Å². The molecule has 4 rings (SSSR count). The van der Waals surface area contributed by atoms with Crippen molar-refractivity contribution in [1.82, 2.24) is 15.6 Å². The number of rotatable bonds is 7. The molecule has 1 aromatic carbocycles. The fourth-order valence-corrected chi connectivity index (χ4v) is 4.58. The summed E-state index contributed by atoms with van der Waals surface area (Å²) >= 11 is 1.76. The number of guanidine groups is 1. The Morgan fingerprint density at radius 2 is 2.14 bits per heavy atom. The molecule has 150 valence electrons. The van der Waals surface area contributed by atoms with Crippen LogP contribution < -0.4 is 20.3 Å². The van der Waals surface area contributed by atoms with E-state index in [0.717, 1.165) is 56.4 Å². The van der Waals surface area contributed by atoms with Gasteiger partial charge in [0.05, 0.1) is 12.2 Å². The summed E-state index contributed by atoms with van der Waals surface area (Å²) < 4.78 is 5.98. The number of benzene rings is 1. The Kier molecular flexibility index (Phi) is 6.31. The highest BCUT2D eigenvalue weighted by molar-refractivity contribution is 7.13. The maximum atomic E-state index is 5.98. The number of aromatic nitrogens is 1. The van der Waals surface area contributed by atoms with Gasteiger partial charge in [0.2, 0.25) is 0 Å². The van der Waals surface area contributed by atoms with Gasteiger partial charge in [0.25, 0.3) is 0 Å². The van der Waals surface area contributed by atoms with E-state index in [0.29, 0.717) is 6.54 Å². The van der Waals surface area contributed by atoms with Gasteiger partial charge in [0.15, 0.2) is 11.1 Å². The number of nitrogens with one attached hydrogen (secondary N) is 2. The summed E-state index contributed by atoms with van der Waals surface area (Å²) in [5.41, 5.74) is 2.43. The van der Waals surface area contributed by atoms with Crippen molar-refractivity contribution in [1.29, 1.82) is 0 Å². The van der Waals surface area contributed by atoms with Crippen LogP contribution in [0.4, 0.5) is 5.13 Å². The van der Waals surface area contributed by atoms with Gasteiger partial charge in [-0.3, -0.25) is 0 Å². The predicted molar refractivity (Wildman–Crippen MR) is 116 cm³/mol. The van der Waals surface area contributed by atoms with Crippen molar-refractivity contribution < 1.29 is 4.74 Å². The Hall–Kier alpha value is -2.28. The van der Waals surface area contributed by atoms with E-state index in [-0.39, 0.29) is 6.10 Å². The monoisotopic (exact) mass is 399 g/mol. The summed E-state index contributed by atoms with van der Waals surface area (Å²) in [6.07, 6.45) is 4.52. The number of hydrogen-bond acceptors (Lipinski definition) is 5. The van der Waals surface area contributed by atoms with Crippen molar-refractivity contribution in [3.05, 3.63) is 40.9 Å². The minimum Gasteiger partial charge on any atom is -0.488 e. The van der Waals surface area contributed by atoms with Gasteiger partial charge in [0, 0.05) is 44.4 Å². The second kappa shape index (κ2) is 9.28. The number of hydrogen-bond donors (Lipinski definition) is 2. The zero-order chi connectivity index (χ0) is 19.2. The second-order valence-corrected chi connectivity index (χ2v) is 8.10. The molecule has 1 unspecified atom stereocenters. The van der Waals surface area contributed by atoms with E-state index in [1.807, 2.05) is 12.1 Å². The molecule has 0 amide bonds. The predicted octanol–water partition coefficient (Wildman–Crippen LogP) is 2.84. The van der Waals surface area contributed by atoms with Crippen LogP contribution in [0.1, 0.15) is 31.0 Å². The van der Waals surface area contributed by atoms with E-state index in [1.165, 1.54) is 23.5 Å². The maximum absolute atomic E-state index is 5.98. The van der Waals surface area contributed by atoms with Crippen LogP contribution in [0.3, 0.4) is 0 Å². The first-order valence-corrected chi connectivity index (χ1v) is 11.2. The largest absolute Gasteiger partial charge is 0.488 e. The molecule has 0 bridgehead atoms. The van der Waals surface area contributed by atoms with Crippen LogP contribution in [-0.2, 0) is 12.8 Å². The van der Waals surface area contributed by atoms with Crippen molar-refractivity contribution in [2.24, 2.45) is 4.99 Å². The molecule has 1 aromatic heterocycles. The summed E-state index contributed by atoms with van der Waals surface area (Å²) in [4.78, 5) is 11.9. The van der Waals surface area contributed by atoms with Crippen LogP contribution in [0, 0.1) is 0 Å². The zero-order valence-electron chi connectivity index (χ0n) is 16.5. The summed E-state index contributed by atoms with van der Waals surface area (Å²) in [7, 11) is 0. The molecule has 28 heavy (non-hydrogen) atoms. The van der Waals surface area contributed by atoms with E-state index in [1.54, 1.807) is 11.3 Å². The first-order valence-electron chi connectivity index (χ1n) is 10.3. The lowest BCUT2D eigenvalue weighted by atomic mass is 10.1. The zero-order valence-corrected chi connectivity index (χ0v) is 17.3. The van der Waals surface area contributed by atoms with Crippen molar-refractivity contribution in [2.75, 3.05) is 37.6 Å². The Labute approximate surface area is 171 Å². The molecule has 1 fully saturated rings. The molecular weight excluding hydrogens is 370 g/mol. The minimum atomic E-state index is 0.120. The number of thiazole rings is 1. The average Bonchev–Trinajstić information content (AvgIpc) is 3.45. The smallest absolute Gasteiger partial charge is 0.191 e. The van der Waals surface area contributed by atoms with Crippen LogP contribution in [0.15, 0.2) is 34.6 Å². The van der Waals surface area contributed by atoms with E-state index in [2.05, 4.69) is 40.0 Å². The summed E-state index contributed by atoms with van der Waals surface area (Å²) in [5.74, 6) is 1.84. The van der Waals surface area contributed by atoms with Crippen LogP contribution in [0.25, 0.3) is 0 Å². The molecule has 3 heterocycles. The summed E-state index contributed by atoms with van der Waals surface area (Å²) in [6, 6.07) is 8.25. The first kappa shape index (κ1) is 19.1. The van der Waals surface area contributed by atoms with Gasteiger partial charge in [-0.1, -0.05) is 18.2 Å². The number of para-hydroxylation sites is 1. The Bertz CT molecular complexity index is 775. The van der Waals surface area contributed by atoms with Crippen molar-refractivity contribution in [3.63, 3.8) is 0 Å². The van der Waals surface area contributed by atoms with Gasteiger partial charge in [-0.05, 0) is 31.4 Å². The number of aliphatic imine (C=N–C) groups is 1. The van der Waals surface area contributed by atoms with Crippen molar-refractivity contribution in [3.8, 4) is 5.75 Å². The third kappa shape index (κ3) is 4.76. The Balaban J connectivity index is 1.25. The molecule has 0 spiro atoms. The average molecular weight is 400 g/mol. The Morgan fingerprint density at radius 1 is 1.29 bits per heavy atom. The quantitative estimate of drug-likeness (QED) is 0.554. The molecule has 7 heteroatoms. The van der Waals surface area contributed by atoms with Gasteiger partial charge in [-0.2, -0.15) is 0 Å². The molecule has 0 aliphatic carbocycles. The highest BCUT2D eigenvalue weighted by Gasteiger charge is 2.22. The van der Waals surface area contributed by atoms with Crippen molar-refractivity contribution >= 4 is 22.4 Å². The second-order valence-electron chi connectivity index (χ2n) is 7.26. The van der Waals surface area contributed by atoms with Gasteiger partial charge in [-0.25, -0.2) is 9.98 Å². The van der Waals surface area contributed by atoms with Gasteiger partial charge < -0.3 is 20.3 Å². The summed E-state index contributed by atoms with van der Waals surface area (Å²) in [6.45, 7) is 6.70. The molecule has 2 aliphatic heterocycles. The fraction of sp³-hybridized carbons (Fsp3) is 0.524. The molecule has 0 saturated carbocycles. The molecule has 2 aromatic rings. The van der Waals surface area contributed by atoms with Gasteiger partial charge in [0.1, 0.15) is 11.9 Å². The molecule has 1 saturated heterocycles. The lowest BCUT2D eigenvalue weighted by Crippen LogP contribution is -2.39. The fourth-order valence-electron chi connectivity index (χ4n) is 3.66. The lowest BCUT2D eigenvalue weighted by Gasteiger charge is -2.13. The molecule has 6 nitrogen and oxygen atoms in total. The standard InChI is InChI=1S/C21H29N5OS/c1-2-22-20(24-14-18-13-16-7-3-4-8-19(16)27-18)23-10-9-17-15-28-21(25-17)26-11-5-6-12-26/h3-4,7-8,15,18H,2,5-6,9-14H2,1H3,(H2,22,23,24). The molecular formula is C21H29N5OS. The molecule has 0 radical (unpaired) electrons. The normalized spacial score (nSPS) is 18.8. The number of nitrogens with zero attached hydrogens (tertiary/aromatic N) is 3. The third-order valence-corrected chi connectivity index (χ3v) is 6.05.